The van der Waals surface area contributed by atoms with Gasteiger partial charge in [0.25, 0.3) is 0 Å². The van der Waals surface area contributed by atoms with E-state index in [0.29, 0.717) is 0 Å². The van der Waals surface area contributed by atoms with Crippen molar-refractivity contribution in [1.82, 2.24) is 9.97 Å². The average Bonchev–Trinajstić information content (AvgIpc) is 2.27. The highest BCUT2D eigenvalue weighted by Gasteiger charge is 2.11. The molecule has 1 atom stereocenters. The first-order valence-corrected chi connectivity index (χ1v) is 6.64. The van der Waals surface area contributed by atoms with Gasteiger partial charge in [-0.3, -0.25) is 0 Å². The summed E-state index contributed by atoms with van der Waals surface area (Å²) in [4.78, 5) is 8.79. The zero-order valence-corrected chi connectivity index (χ0v) is 11.5. The highest BCUT2D eigenvalue weighted by molar-refractivity contribution is 7.99. The number of hydrogen-bond acceptors (Lipinski definition) is 4. The van der Waals surface area contributed by atoms with E-state index in [1.54, 1.807) is 13.1 Å². The molecule has 0 fully saturated rings. The first kappa shape index (κ1) is 13.1. The van der Waals surface area contributed by atoms with E-state index in [0.717, 1.165) is 21.3 Å². The number of rotatable bonds is 3. The van der Waals surface area contributed by atoms with Crippen molar-refractivity contribution >= 4 is 11.8 Å². The van der Waals surface area contributed by atoms with Crippen molar-refractivity contribution in [3.8, 4) is 0 Å². The molecule has 0 saturated carbocycles. The number of hydrogen-bond donors (Lipinski definition) is 1. The lowest BCUT2D eigenvalue weighted by Crippen LogP contribution is -1.96. The van der Waals surface area contributed by atoms with Crippen molar-refractivity contribution in [2.45, 2.75) is 36.9 Å². The second kappa shape index (κ2) is 5.50. The summed E-state index contributed by atoms with van der Waals surface area (Å²) in [5, 5.41) is 11.4. The highest BCUT2D eigenvalue weighted by Crippen LogP contribution is 2.30. The molecule has 3 nitrogen and oxygen atoms in total. The Morgan fingerprint density at radius 2 is 2.06 bits per heavy atom. The molecule has 0 aromatic carbocycles. The average molecular weight is 260 g/mol. The Kier molecular flexibility index (Phi) is 3.99. The molecule has 2 heterocycles. The Bertz CT molecular complexity index is 535. The normalized spacial score (nSPS) is 12.4. The Morgan fingerprint density at radius 1 is 1.28 bits per heavy atom. The van der Waals surface area contributed by atoms with Gasteiger partial charge in [-0.15, -0.1) is 0 Å². The van der Waals surface area contributed by atoms with Crippen LogP contribution in [0.15, 0.2) is 40.5 Å². The molecule has 94 valence electrons. The fourth-order valence-corrected chi connectivity index (χ4v) is 2.86. The minimum atomic E-state index is -0.521. The van der Waals surface area contributed by atoms with Gasteiger partial charge in [-0.25, -0.2) is 9.97 Å². The Balaban J connectivity index is 2.34. The smallest absolute Gasteiger partial charge is 0.108 e. The summed E-state index contributed by atoms with van der Waals surface area (Å²) < 4.78 is 0. The lowest BCUT2D eigenvalue weighted by molar-refractivity contribution is 0.195. The van der Waals surface area contributed by atoms with E-state index in [4.69, 9.17) is 0 Å². The lowest BCUT2D eigenvalue weighted by atomic mass is 10.2. The van der Waals surface area contributed by atoms with Crippen LogP contribution in [-0.2, 0) is 0 Å². The third-order valence-electron chi connectivity index (χ3n) is 2.53. The molecule has 4 heteroatoms. The van der Waals surface area contributed by atoms with Gasteiger partial charge in [0, 0.05) is 17.5 Å². The van der Waals surface area contributed by atoms with Crippen LogP contribution in [0.4, 0.5) is 0 Å². The van der Waals surface area contributed by atoms with Gasteiger partial charge in [-0.05, 0) is 56.3 Å². The van der Waals surface area contributed by atoms with Crippen molar-refractivity contribution in [2.24, 2.45) is 0 Å². The molecule has 1 unspecified atom stereocenters. The quantitative estimate of drug-likeness (QED) is 0.919. The van der Waals surface area contributed by atoms with Crippen molar-refractivity contribution in [3.63, 3.8) is 0 Å². The summed E-state index contributed by atoms with van der Waals surface area (Å²) in [6.45, 7) is 5.77. The second-order valence-corrected chi connectivity index (χ2v) is 5.31. The van der Waals surface area contributed by atoms with Gasteiger partial charge in [0.15, 0.2) is 0 Å². The molecule has 0 amide bonds. The van der Waals surface area contributed by atoms with Crippen LogP contribution in [0.25, 0.3) is 0 Å². The van der Waals surface area contributed by atoms with Crippen molar-refractivity contribution in [1.29, 1.82) is 0 Å². The van der Waals surface area contributed by atoms with Crippen LogP contribution < -0.4 is 0 Å². The minimum absolute atomic E-state index is 0.521. The monoisotopic (exact) mass is 260 g/mol. The summed E-state index contributed by atoms with van der Waals surface area (Å²) in [5.41, 5.74) is 3.01. The summed E-state index contributed by atoms with van der Waals surface area (Å²) in [7, 11) is 0. The molecule has 2 rings (SSSR count). The highest BCUT2D eigenvalue weighted by atomic mass is 32.2. The van der Waals surface area contributed by atoms with Crippen LogP contribution in [0.2, 0.25) is 0 Å². The van der Waals surface area contributed by atoms with Crippen LogP contribution in [-0.4, -0.2) is 15.1 Å². The van der Waals surface area contributed by atoms with E-state index in [1.807, 2.05) is 38.1 Å². The predicted octanol–water partition coefficient (Wildman–Crippen LogP) is 3.30. The van der Waals surface area contributed by atoms with Gasteiger partial charge in [0.1, 0.15) is 10.1 Å². The third kappa shape index (κ3) is 3.09. The fourth-order valence-electron chi connectivity index (χ4n) is 1.76. The van der Waals surface area contributed by atoms with Crippen molar-refractivity contribution < 1.29 is 5.11 Å². The predicted molar refractivity (Wildman–Crippen MR) is 72.7 cm³/mol. The molecule has 0 aliphatic carbocycles. The molecule has 0 spiro atoms. The molecule has 1 N–H and O–H groups in total. The van der Waals surface area contributed by atoms with Crippen LogP contribution in [0, 0.1) is 13.8 Å². The van der Waals surface area contributed by atoms with Crippen LogP contribution in [0.5, 0.6) is 0 Å². The van der Waals surface area contributed by atoms with Crippen molar-refractivity contribution in [3.05, 3.63) is 47.3 Å². The summed E-state index contributed by atoms with van der Waals surface area (Å²) in [6, 6.07) is 7.79. The van der Waals surface area contributed by atoms with Crippen LogP contribution in [0.1, 0.15) is 29.8 Å². The molecule has 2 aromatic heterocycles. The van der Waals surface area contributed by atoms with E-state index in [2.05, 4.69) is 9.97 Å². The van der Waals surface area contributed by atoms with Crippen LogP contribution in [0.3, 0.4) is 0 Å². The molecular formula is C14H16N2OS. The van der Waals surface area contributed by atoms with E-state index in [1.165, 1.54) is 17.3 Å². The first-order chi connectivity index (χ1) is 8.56. The van der Waals surface area contributed by atoms with E-state index in [9.17, 15) is 5.11 Å². The van der Waals surface area contributed by atoms with E-state index in [-0.39, 0.29) is 0 Å². The maximum Gasteiger partial charge on any atom is 0.108 e. The van der Waals surface area contributed by atoms with E-state index < -0.39 is 6.10 Å². The van der Waals surface area contributed by atoms with Gasteiger partial charge < -0.3 is 5.11 Å². The minimum Gasteiger partial charge on any atom is -0.389 e. The van der Waals surface area contributed by atoms with Gasteiger partial charge in [-0.2, -0.15) is 0 Å². The van der Waals surface area contributed by atoms with Gasteiger partial charge >= 0.3 is 0 Å². The molecule has 18 heavy (non-hydrogen) atoms. The SMILES string of the molecule is Cc1cc(C)nc(Sc2ncccc2C(C)O)c1. The number of nitrogens with zero attached hydrogens (tertiary/aromatic N) is 2. The number of aryl methyl sites for hydroxylation is 2. The van der Waals surface area contributed by atoms with E-state index >= 15 is 0 Å². The molecular weight excluding hydrogens is 244 g/mol. The number of aliphatic hydroxyl groups excluding tert-OH is 1. The Labute approximate surface area is 111 Å². The molecule has 0 saturated heterocycles. The molecule has 2 aromatic rings. The summed E-state index contributed by atoms with van der Waals surface area (Å²) in [5.74, 6) is 0. The maximum absolute atomic E-state index is 9.72. The number of aromatic nitrogens is 2. The number of aliphatic hydroxyl groups is 1. The largest absolute Gasteiger partial charge is 0.389 e. The fraction of sp³-hybridized carbons (Fsp3) is 0.286. The standard InChI is InChI=1S/C14H16N2OS/c1-9-7-10(2)16-13(8-9)18-14-12(11(3)17)5-4-6-15-14/h4-8,11,17H,1-3H3. The first-order valence-electron chi connectivity index (χ1n) is 5.82. The summed E-state index contributed by atoms with van der Waals surface area (Å²) >= 11 is 1.49. The van der Waals surface area contributed by atoms with Gasteiger partial charge in [0.05, 0.1) is 6.10 Å². The molecule has 0 bridgehead atoms. The molecule has 0 aliphatic rings. The molecule has 0 aliphatic heterocycles. The topological polar surface area (TPSA) is 46.0 Å². The number of pyridine rings is 2. The van der Waals surface area contributed by atoms with Gasteiger partial charge in [-0.1, -0.05) is 6.07 Å². The second-order valence-electron chi connectivity index (χ2n) is 4.30. The summed E-state index contributed by atoms with van der Waals surface area (Å²) in [6.07, 6.45) is 1.21. The zero-order chi connectivity index (χ0) is 13.1. The third-order valence-corrected chi connectivity index (χ3v) is 3.48. The van der Waals surface area contributed by atoms with Crippen LogP contribution >= 0.6 is 11.8 Å². The zero-order valence-electron chi connectivity index (χ0n) is 10.7. The Hall–Kier alpha value is -1.39. The Morgan fingerprint density at radius 3 is 2.72 bits per heavy atom. The maximum atomic E-state index is 9.72. The molecule has 0 radical (unpaired) electrons. The van der Waals surface area contributed by atoms with Crippen molar-refractivity contribution in [2.75, 3.05) is 0 Å². The van der Waals surface area contributed by atoms with Gasteiger partial charge in [0.2, 0.25) is 0 Å². The lowest BCUT2D eigenvalue weighted by Gasteiger charge is -2.10.